The second-order valence-corrected chi connectivity index (χ2v) is 5.85. The molecule has 1 aliphatic carbocycles. The molecule has 2 amide bonds. The molecule has 0 heterocycles. The van der Waals surface area contributed by atoms with E-state index in [4.69, 9.17) is 0 Å². The van der Waals surface area contributed by atoms with Gasteiger partial charge < -0.3 is 10.6 Å². The van der Waals surface area contributed by atoms with Crippen LogP contribution in [0.5, 0.6) is 0 Å². The first-order valence-corrected chi connectivity index (χ1v) is 7.79. The van der Waals surface area contributed by atoms with E-state index in [1.807, 2.05) is 31.2 Å². The summed E-state index contributed by atoms with van der Waals surface area (Å²) in [4.78, 5) is 23.8. The molecule has 4 heteroatoms. The van der Waals surface area contributed by atoms with Crippen LogP contribution in [0.1, 0.15) is 50.5 Å². The van der Waals surface area contributed by atoms with Crippen molar-refractivity contribution in [1.82, 2.24) is 5.32 Å². The van der Waals surface area contributed by atoms with Crippen molar-refractivity contribution in [1.29, 1.82) is 0 Å². The van der Waals surface area contributed by atoms with Crippen LogP contribution in [0.25, 0.3) is 0 Å². The molecule has 1 saturated carbocycles. The molecule has 21 heavy (non-hydrogen) atoms. The first-order valence-electron chi connectivity index (χ1n) is 7.79. The Bertz CT molecular complexity index is 474. The maximum Gasteiger partial charge on any atom is 0.233 e. The number of carbonyl (C=O) groups is 2. The zero-order chi connectivity index (χ0) is 15.1. The molecule has 1 aromatic rings. The molecule has 1 fully saturated rings. The van der Waals surface area contributed by atoms with Crippen molar-refractivity contribution < 1.29 is 9.59 Å². The highest BCUT2D eigenvalue weighted by molar-refractivity contribution is 6.03. The second kappa shape index (κ2) is 7.81. The summed E-state index contributed by atoms with van der Waals surface area (Å²) in [6.45, 7) is 1.99. The fourth-order valence-corrected chi connectivity index (χ4v) is 2.69. The molecular formula is C17H24N2O2. The molecule has 0 aliphatic heterocycles. The number of rotatable bonds is 4. The Kier molecular flexibility index (Phi) is 5.78. The van der Waals surface area contributed by atoms with Crippen molar-refractivity contribution in [2.45, 2.75) is 57.9 Å². The number of anilines is 1. The first-order chi connectivity index (χ1) is 10.1. The predicted octanol–water partition coefficient (Wildman–Crippen LogP) is 3.16. The van der Waals surface area contributed by atoms with Gasteiger partial charge in [0, 0.05) is 11.7 Å². The molecule has 0 unspecified atom stereocenters. The molecular weight excluding hydrogens is 264 g/mol. The van der Waals surface area contributed by atoms with E-state index in [1.54, 1.807) is 0 Å². The van der Waals surface area contributed by atoms with Crippen LogP contribution in [0.15, 0.2) is 24.3 Å². The molecule has 4 nitrogen and oxygen atoms in total. The maximum atomic E-state index is 11.9. The SMILES string of the molecule is Cc1ccc(NC(=O)CC(=O)NC2CCCCCC2)cc1. The Hall–Kier alpha value is -1.84. The highest BCUT2D eigenvalue weighted by Gasteiger charge is 2.16. The van der Waals surface area contributed by atoms with Gasteiger partial charge in [0.25, 0.3) is 0 Å². The summed E-state index contributed by atoms with van der Waals surface area (Å²) in [7, 11) is 0. The lowest BCUT2D eigenvalue weighted by Crippen LogP contribution is -2.36. The van der Waals surface area contributed by atoms with Crippen LogP contribution in [-0.4, -0.2) is 17.9 Å². The van der Waals surface area contributed by atoms with Gasteiger partial charge in [0.1, 0.15) is 6.42 Å². The average Bonchev–Trinajstić information content (AvgIpc) is 2.69. The Morgan fingerprint density at radius 2 is 1.62 bits per heavy atom. The van der Waals surface area contributed by atoms with Gasteiger partial charge in [-0.2, -0.15) is 0 Å². The van der Waals surface area contributed by atoms with E-state index in [0.717, 1.165) is 24.1 Å². The molecule has 0 bridgehead atoms. The van der Waals surface area contributed by atoms with E-state index in [2.05, 4.69) is 10.6 Å². The Morgan fingerprint density at radius 1 is 1.00 bits per heavy atom. The highest BCUT2D eigenvalue weighted by Crippen LogP contribution is 2.17. The summed E-state index contributed by atoms with van der Waals surface area (Å²) >= 11 is 0. The van der Waals surface area contributed by atoms with Gasteiger partial charge in [0.05, 0.1) is 0 Å². The lowest BCUT2D eigenvalue weighted by atomic mass is 10.1. The van der Waals surface area contributed by atoms with Crippen molar-refractivity contribution in [2.75, 3.05) is 5.32 Å². The quantitative estimate of drug-likeness (QED) is 0.660. The first kappa shape index (κ1) is 15.5. The minimum absolute atomic E-state index is 0.107. The summed E-state index contributed by atoms with van der Waals surface area (Å²) in [6.07, 6.45) is 6.79. The summed E-state index contributed by atoms with van der Waals surface area (Å²) in [6, 6.07) is 7.79. The van der Waals surface area contributed by atoms with Crippen LogP contribution in [0.4, 0.5) is 5.69 Å². The van der Waals surface area contributed by atoms with E-state index in [0.29, 0.717) is 0 Å². The predicted molar refractivity (Wildman–Crippen MR) is 84.1 cm³/mol. The molecule has 1 aliphatic rings. The highest BCUT2D eigenvalue weighted by atomic mass is 16.2. The van der Waals surface area contributed by atoms with Gasteiger partial charge in [-0.1, -0.05) is 43.4 Å². The molecule has 0 spiro atoms. The lowest BCUT2D eigenvalue weighted by Gasteiger charge is -2.16. The van der Waals surface area contributed by atoms with Crippen molar-refractivity contribution in [3.05, 3.63) is 29.8 Å². The van der Waals surface area contributed by atoms with Gasteiger partial charge in [0.15, 0.2) is 0 Å². The van der Waals surface area contributed by atoms with Gasteiger partial charge in [-0.15, -0.1) is 0 Å². The Labute approximate surface area is 126 Å². The van der Waals surface area contributed by atoms with Gasteiger partial charge in [-0.3, -0.25) is 9.59 Å². The Morgan fingerprint density at radius 3 is 2.24 bits per heavy atom. The zero-order valence-electron chi connectivity index (χ0n) is 12.7. The van der Waals surface area contributed by atoms with Crippen molar-refractivity contribution in [3.8, 4) is 0 Å². The van der Waals surface area contributed by atoms with Crippen molar-refractivity contribution >= 4 is 17.5 Å². The number of aryl methyl sites for hydroxylation is 1. The zero-order valence-corrected chi connectivity index (χ0v) is 12.7. The normalized spacial score (nSPS) is 16.0. The summed E-state index contributed by atoms with van der Waals surface area (Å²) in [5.74, 6) is -0.434. The Balaban J connectivity index is 1.76. The van der Waals surface area contributed by atoms with Crippen LogP contribution >= 0.6 is 0 Å². The third kappa shape index (κ3) is 5.58. The summed E-state index contributed by atoms with van der Waals surface area (Å²) < 4.78 is 0. The summed E-state index contributed by atoms with van der Waals surface area (Å²) in [5, 5.41) is 5.73. The van der Waals surface area contributed by atoms with Crippen LogP contribution in [0.3, 0.4) is 0 Å². The second-order valence-electron chi connectivity index (χ2n) is 5.85. The largest absolute Gasteiger partial charge is 0.353 e. The molecule has 114 valence electrons. The fraction of sp³-hybridized carbons (Fsp3) is 0.529. The van der Waals surface area contributed by atoms with Crippen molar-refractivity contribution in [2.24, 2.45) is 0 Å². The fourth-order valence-electron chi connectivity index (χ4n) is 2.69. The van der Waals surface area contributed by atoms with E-state index in [9.17, 15) is 9.59 Å². The third-order valence-corrected chi connectivity index (χ3v) is 3.88. The number of amides is 2. The van der Waals surface area contributed by atoms with E-state index in [-0.39, 0.29) is 24.3 Å². The van der Waals surface area contributed by atoms with E-state index < -0.39 is 0 Å². The average molecular weight is 288 g/mol. The molecule has 2 N–H and O–H groups in total. The number of hydrogen-bond acceptors (Lipinski definition) is 2. The van der Waals surface area contributed by atoms with Gasteiger partial charge in [0.2, 0.25) is 11.8 Å². The van der Waals surface area contributed by atoms with Gasteiger partial charge >= 0.3 is 0 Å². The van der Waals surface area contributed by atoms with E-state index in [1.165, 1.54) is 25.7 Å². The minimum atomic E-state index is -0.259. The lowest BCUT2D eigenvalue weighted by molar-refractivity contribution is -0.127. The molecule has 0 saturated heterocycles. The third-order valence-electron chi connectivity index (χ3n) is 3.88. The van der Waals surface area contributed by atoms with Crippen LogP contribution < -0.4 is 10.6 Å². The van der Waals surface area contributed by atoms with Gasteiger partial charge in [-0.05, 0) is 31.9 Å². The standard InChI is InChI=1S/C17H24N2O2/c1-13-8-10-15(11-9-13)19-17(21)12-16(20)18-14-6-4-2-3-5-7-14/h8-11,14H,2-7,12H2,1H3,(H,18,20)(H,19,21). The molecule has 0 aromatic heterocycles. The number of nitrogens with one attached hydrogen (secondary N) is 2. The van der Waals surface area contributed by atoms with Crippen LogP contribution in [0, 0.1) is 6.92 Å². The number of hydrogen-bond donors (Lipinski definition) is 2. The number of carbonyl (C=O) groups excluding carboxylic acids is 2. The smallest absolute Gasteiger partial charge is 0.233 e. The summed E-state index contributed by atoms with van der Waals surface area (Å²) in [5.41, 5.74) is 1.87. The minimum Gasteiger partial charge on any atom is -0.353 e. The molecule has 2 rings (SSSR count). The molecule has 1 aromatic carbocycles. The monoisotopic (exact) mass is 288 g/mol. The molecule has 0 radical (unpaired) electrons. The van der Waals surface area contributed by atoms with Crippen LogP contribution in [0.2, 0.25) is 0 Å². The van der Waals surface area contributed by atoms with Crippen molar-refractivity contribution in [3.63, 3.8) is 0 Å². The number of benzene rings is 1. The molecule has 0 atom stereocenters. The van der Waals surface area contributed by atoms with Gasteiger partial charge in [-0.25, -0.2) is 0 Å². The van der Waals surface area contributed by atoms with E-state index >= 15 is 0 Å². The maximum absolute atomic E-state index is 11.9. The topological polar surface area (TPSA) is 58.2 Å². The van der Waals surface area contributed by atoms with Crippen LogP contribution in [-0.2, 0) is 9.59 Å².